The second-order valence-corrected chi connectivity index (χ2v) is 13.4. The van der Waals surface area contributed by atoms with E-state index in [2.05, 4.69) is 21.7 Å². The average molecular weight is 504 g/mol. The Morgan fingerprint density at radius 2 is 1.33 bits per heavy atom. The van der Waals surface area contributed by atoms with Gasteiger partial charge in [-0.05, 0) is 95.7 Å². The summed E-state index contributed by atoms with van der Waals surface area (Å²) in [7, 11) is 2.21. The summed E-state index contributed by atoms with van der Waals surface area (Å²) in [4.78, 5) is 44.8. The molecule has 8 fully saturated rings. The Kier molecular flexibility index (Phi) is 6.38. The molecule has 3 saturated heterocycles. The fourth-order valence-corrected chi connectivity index (χ4v) is 8.98. The van der Waals surface area contributed by atoms with Crippen LogP contribution in [0.5, 0.6) is 0 Å². The van der Waals surface area contributed by atoms with E-state index in [0.717, 1.165) is 63.7 Å². The maximum absolute atomic E-state index is 13.1. The lowest BCUT2D eigenvalue weighted by Crippen LogP contribution is -2.64. The van der Waals surface area contributed by atoms with Gasteiger partial charge < -0.3 is 9.80 Å². The molecule has 3 aliphatic heterocycles. The molecule has 36 heavy (non-hydrogen) atoms. The Labute approximate surface area is 215 Å². The van der Waals surface area contributed by atoms with Crippen molar-refractivity contribution in [2.45, 2.75) is 94.7 Å². The van der Waals surface area contributed by atoms with Crippen LogP contribution in [0.1, 0.15) is 77.0 Å². The van der Waals surface area contributed by atoms with Crippen LogP contribution in [0.15, 0.2) is 0 Å². The molecule has 0 aromatic carbocycles. The molecule has 2 spiro atoms. The van der Waals surface area contributed by atoms with Gasteiger partial charge in [0.2, 0.25) is 17.5 Å². The number of piperidine rings is 1. The summed E-state index contributed by atoms with van der Waals surface area (Å²) >= 11 is 0. The van der Waals surface area contributed by atoms with Gasteiger partial charge in [-0.1, -0.05) is 0 Å². The number of likely N-dealkylation sites (tertiary alicyclic amines) is 1. The van der Waals surface area contributed by atoms with E-state index in [0.29, 0.717) is 36.1 Å². The van der Waals surface area contributed by atoms with E-state index in [4.69, 9.17) is 19.6 Å². The molecule has 0 aromatic heterocycles. The Morgan fingerprint density at radius 1 is 0.750 bits per heavy atom. The van der Waals surface area contributed by atoms with Crippen LogP contribution in [0, 0.1) is 29.6 Å². The molecule has 0 atom stereocenters. The van der Waals surface area contributed by atoms with Gasteiger partial charge in [0.05, 0.1) is 0 Å². The number of nitrogens with zero attached hydrogens (tertiary/aromatic N) is 3. The van der Waals surface area contributed by atoms with Gasteiger partial charge >= 0.3 is 0 Å². The highest BCUT2D eigenvalue weighted by atomic mass is 17.4. The van der Waals surface area contributed by atoms with Gasteiger partial charge in [-0.3, -0.25) is 9.69 Å². The molecule has 0 N–H and O–H groups in total. The molecule has 1 amide bonds. The summed E-state index contributed by atoms with van der Waals surface area (Å²) in [6, 6.07) is 0.700. The Morgan fingerprint density at radius 3 is 1.92 bits per heavy atom. The molecule has 0 radical (unpaired) electrons. The van der Waals surface area contributed by atoms with Gasteiger partial charge in [0, 0.05) is 63.3 Å². The molecule has 8 rings (SSSR count). The molecule has 8 nitrogen and oxygen atoms in total. The molecule has 8 aliphatic rings. The van der Waals surface area contributed by atoms with Crippen LogP contribution < -0.4 is 0 Å². The van der Waals surface area contributed by atoms with E-state index in [-0.39, 0.29) is 0 Å². The Balaban J connectivity index is 0.865. The fourth-order valence-electron chi connectivity index (χ4n) is 8.98. The van der Waals surface area contributed by atoms with Crippen molar-refractivity contribution in [3.63, 3.8) is 0 Å². The van der Waals surface area contributed by atoms with E-state index in [9.17, 15) is 4.79 Å². The number of rotatable bonds is 3. The summed E-state index contributed by atoms with van der Waals surface area (Å²) in [5.74, 6) is 1.72. The lowest BCUT2D eigenvalue weighted by Gasteiger charge is -2.60. The van der Waals surface area contributed by atoms with Crippen LogP contribution in [0.2, 0.25) is 0 Å². The van der Waals surface area contributed by atoms with Crippen molar-refractivity contribution in [3.05, 3.63) is 0 Å². The second-order valence-electron chi connectivity index (χ2n) is 13.4. The summed E-state index contributed by atoms with van der Waals surface area (Å²) in [6.07, 6.45) is 12.6. The zero-order valence-corrected chi connectivity index (χ0v) is 22.1. The van der Waals surface area contributed by atoms with Gasteiger partial charge in [0.15, 0.2) is 0 Å². The predicted octanol–water partition coefficient (Wildman–Crippen LogP) is 3.56. The van der Waals surface area contributed by atoms with Gasteiger partial charge in [-0.2, -0.15) is 19.6 Å². The zero-order valence-electron chi connectivity index (χ0n) is 22.1. The van der Waals surface area contributed by atoms with Crippen molar-refractivity contribution in [2.24, 2.45) is 29.6 Å². The lowest BCUT2D eigenvalue weighted by molar-refractivity contribution is -0.680. The Bertz CT molecular complexity index is 774. The zero-order chi connectivity index (χ0) is 24.3. The first-order valence-corrected chi connectivity index (χ1v) is 14.9. The number of carbonyl (C=O) groups excluding carboxylic acids is 1. The fraction of sp³-hybridized carbons (Fsp3) is 0.964. The van der Waals surface area contributed by atoms with Crippen LogP contribution in [-0.4, -0.2) is 84.5 Å². The minimum atomic E-state index is -0.793. The van der Waals surface area contributed by atoms with Gasteiger partial charge in [-0.15, -0.1) is 0 Å². The standard InChI is InChI=1S/C28H45N3O5/c1-29-8-4-25(5-9-29)30-10-12-31(13-11-30)26(32)19-20-2-6-27(7-3-20)33-35-28(36-34-27)23-15-21-14-22(17-23)18-24(28)16-21/h20-25H,2-19H2,1H3. The minimum absolute atomic E-state index is 0.324. The smallest absolute Gasteiger partial charge is 0.239 e. The van der Waals surface area contributed by atoms with Crippen LogP contribution in [0.4, 0.5) is 0 Å². The predicted molar refractivity (Wildman–Crippen MR) is 132 cm³/mol. The number of piperazine rings is 1. The monoisotopic (exact) mass is 503 g/mol. The van der Waals surface area contributed by atoms with E-state index in [1.54, 1.807) is 0 Å². The Hall–Kier alpha value is -0.770. The summed E-state index contributed by atoms with van der Waals surface area (Å²) < 4.78 is 0. The number of carbonyl (C=O) groups is 1. The third-order valence-electron chi connectivity index (χ3n) is 11.1. The van der Waals surface area contributed by atoms with E-state index >= 15 is 0 Å². The first kappa shape index (κ1) is 24.3. The minimum Gasteiger partial charge on any atom is -0.340 e. The highest BCUT2D eigenvalue weighted by molar-refractivity contribution is 5.76. The highest BCUT2D eigenvalue weighted by Gasteiger charge is 2.64. The van der Waals surface area contributed by atoms with Crippen molar-refractivity contribution in [3.8, 4) is 0 Å². The molecule has 4 bridgehead atoms. The normalized spacial score (nSPS) is 46.1. The third-order valence-corrected chi connectivity index (χ3v) is 11.1. The van der Waals surface area contributed by atoms with Crippen LogP contribution >= 0.6 is 0 Å². The molecule has 8 heteroatoms. The molecular weight excluding hydrogens is 458 g/mol. The highest BCUT2D eigenvalue weighted by Crippen LogP contribution is 2.62. The van der Waals surface area contributed by atoms with Crippen molar-refractivity contribution < 1.29 is 24.3 Å². The topological polar surface area (TPSA) is 63.7 Å². The second kappa shape index (κ2) is 9.45. The third kappa shape index (κ3) is 4.34. The molecule has 5 aliphatic carbocycles. The van der Waals surface area contributed by atoms with E-state index in [1.165, 1.54) is 58.0 Å². The van der Waals surface area contributed by atoms with Gasteiger partial charge in [0.1, 0.15) is 0 Å². The van der Waals surface area contributed by atoms with Crippen LogP contribution in [0.3, 0.4) is 0 Å². The molecule has 5 saturated carbocycles. The van der Waals surface area contributed by atoms with Gasteiger partial charge in [-0.25, -0.2) is 0 Å². The molecule has 3 heterocycles. The number of hydrogen-bond acceptors (Lipinski definition) is 7. The lowest BCUT2D eigenvalue weighted by atomic mass is 9.53. The summed E-state index contributed by atoms with van der Waals surface area (Å²) in [5, 5.41) is 0. The number of hydrogen-bond donors (Lipinski definition) is 0. The summed E-state index contributed by atoms with van der Waals surface area (Å²) in [6.45, 7) is 6.19. The first-order chi connectivity index (χ1) is 17.5. The first-order valence-electron chi connectivity index (χ1n) is 14.9. The van der Waals surface area contributed by atoms with Crippen LogP contribution in [-0.2, 0) is 24.3 Å². The maximum atomic E-state index is 13.1. The molecule has 202 valence electrons. The average Bonchev–Trinajstić information content (AvgIpc) is 2.90. The van der Waals surface area contributed by atoms with Crippen molar-refractivity contribution in [1.82, 2.24) is 14.7 Å². The number of amides is 1. The van der Waals surface area contributed by atoms with Gasteiger partial charge in [0.25, 0.3) is 0 Å². The molecular formula is C28H45N3O5. The van der Waals surface area contributed by atoms with Crippen LogP contribution in [0.25, 0.3) is 0 Å². The summed E-state index contributed by atoms with van der Waals surface area (Å²) in [5.41, 5.74) is 0. The largest absolute Gasteiger partial charge is 0.340 e. The molecule has 0 aromatic rings. The van der Waals surface area contributed by atoms with Crippen molar-refractivity contribution in [1.29, 1.82) is 0 Å². The van der Waals surface area contributed by atoms with E-state index in [1.807, 2.05) is 0 Å². The van der Waals surface area contributed by atoms with E-state index < -0.39 is 11.6 Å². The molecule has 0 unspecified atom stereocenters. The van der Waals surface area contributed by atoms with Crippen molar-refractivity contribution >= 4 is 5.91 Å². The van der Waals surface area contributed by atoms with Crippen molar-refractivity contribution in [2.75, 3.05) is 46.3 Å². The maximum Gasteiger partial charge on any atom is 0.239 e. The SMILES string of the molecule is CN1CCC(N2CCN(C(=O)CC3CCC4(CC3)OOC3(OO4)C4CC5CC(C4)CC3C5)CC2)CC1. The quantitative estimate of drug-likeness (QED) is 0.546.